The number of fused-ring (bicyclic) bond motifs is 1. The van der Waals surface area contributed by atoms with Crippen LogP contribution in [0.2, 0.25) is 0 Å². The maximum absolute atomic E-state index is 13.9. The molecule has 1 aromatic heterocycles. The van der Waals surface area contributed by atoms with Crippen LogP contribution in [0.15, 0.2) is 30.4 Å². The highest BCUT2D eigenvalue weighted by atomic mass is 32.2. The predicted molar refractivity (Wildman–Crippen MR) is 182 cm³/mol. The van der Waals surface area contributed by atoms with Crippen LogP contribution in [0.1, 0.15) is 101 Å². The summed E-state index contributed by atoms with van der Waals surface area (Å²) in [7, 11) is -2.99. The number of thiazole rings is 1. The van der Waals surface area contributed by atoms with E-state index in [0.717, 1.165) is 34.5 Å². The lowest BCUT2D eigenvalue weighted by atomic mass is 9.83. The molecule has 0 radical (unpaired) electrons. The van der Waals surface area contributed by atoms with E-state index in [1.165, 1.54) is 24.8 Å². The fourth-order valence-electron chi connectivity index (χ4n) is 6.46. The molecule has 2 heterocycles. The molecule has 1 aliphatic heterocycles. The third kappa shape index (κ3) is 10.8. The lowest BCUT2D eigenvalue weighted by Gasteiger charge is -2.29. The fraction of sp³-hybridized carbons (Fsp3) is 0.657. The number of nitrogens with zero attached hydrogens (tertiary/aromatic N) is 2. The van der Waals surface area contributed by atoms with Crippen molar-refractivity contribution in [2.24, 2.45) is 11.8 Å². The van der Waals surface area contributed by atoms with Crippen LogP contribution in [-0.2, 0) is 30.6 Å². The molecule has 0 bridgehead atoms. The second-order valence-corrected chi connectivity index (χ2v) is 16.8. The van der Waals surface area contributed by atoms with Crippen molar-refractivity contribution in [3.63, 3.8) is 0 Å². The lowest BCUT2D eigenvalue weighted by Crippen LogP contribution is -2.42. The molecule has 8 nitrogen and oxygen atoms in total. The minimum absolute atomic E-state index is 0.0423. The van der Waals surface area contributed by atoms with Gasteiger partial charge >= 0.3 is 0 Å². The molecule has 0 spiro atoms. The van der Waals surface area contributed by atoms with Crippen LogP contribution in [-0.4, -0.2) is 73.0 Å². The summed E-state index contributed by atoms with van der Waals surface area (Å²) < 4.78 is 24.6. The summed E-state index contributed by atoms with van der Waals surface area (Å²) in [5, 5.41) is 4.14. The number of benzene rings is 1. The van der Waals surface area contributed by atoms with Gasteiger partial charge in [-0.25, -0.2) is 13.4 Å². The smallest absolute Gasteiger partial charge is 0.224 e. The highest BCUT2D eigenvalue weighted by Crippen LogP contribution is 2.30. The maximum Gasteiger partial charge on any atom is 0.224 e. The molecule has 2 aliphatic rings. The summed E-state index contributed by atoms with van der Waals surface area (Å²) in [6.07, 6.45) is 8.46. The molecule has 10 heteroatoms. The molecule has 1 N–H and O–H groups in total. The van der Waals surface area contributed by atoms with E-state index in [0.29, 0.717) is 56.3 Å². The molecular formula is C35H51N3O5S2. The zero-order valence-corrected chi connectivity index (χ0v) is 28.9. The molecule has 2 fully saturated rings. The third-order valence-electron chi connectivity index (χ3n) is 9.44. The van der Waals surface area contributed by atoms with E-state index in [4.69, 9.17) is 4.98 Å². The first-order chi connectivity index (χ1) is 21.4. The Labute approximate surface area is 273 Å². The number of aromatic nitrogens is 1. The van der Waals surface area contributed by atoms with Gasteiger partial charge in [-0.2, -0.15) is 0 Å². The van der Waals surface area contributed by atoms with Crippen molar-refractivity contribution in [3.8, 4) is 0 Å². The largest absolute Gasteiger partial charge is 0.353 e. The Morgan fingerprint density at radius 2 is 1.82 bits per heavy atom. The highest BCUT2D eigenvalue weighted by Gasteiger charge is 2.28. The van der Waals surface area contributed by atoms with Gasteiger partial charge in [0.2, 0.25) is 5.91 Å². The first-order valence-corrected chi connectivity index (χ1v) is 19.4. The quantitative estimate of drug-likeness (QED) is 0.219. The number of nitrogens with one attached hydrogen (secondary N) is 1. The van der Waals surface area contributed by atoms with Gasteiger partial charge in [-0.05, 0) is 42.4 Å². The van der Waals surface area contributed by atoms with Crippen LogP contribution >= 0.6 is 11.3 Å². The zero-order chi connectivity index (χ0) is 32.6. The number of rotatable bonds is 16. The molecule has 1 saturated carbocycles. The Balaban J connectivity index is 1.42. The van der Waals surface area contributed by atoms with Gasteiger partial charge in [-0.3, -0.25) is 19.3 Å². The van der Waals surface area contributed by atoms with Crippen LogP contribution in [0.4, 0.5) is 0 Å². The van der Waals surface area contributed by atoms with E-state index in [-0.39, 0.29) is 47.9 Å². The first kappa shape index (κ1) is 35.4. The summed E-state index contributed by atoms with van der Waals surface area (Å²) in [5.74, 6) is 0.502. The molecule has 4 rings (SSSR count). The van der Waals surface area contributed by atoms with Crippen molar-refractivity contribution in [2.45, 2.75) is 103 Å². The van der Waals surface area contributed by atoms with Crippen LogP contribution in [0.5, 0.6) is 0 Å². The van der Waals surface area contributed by atoms with E-state index in [1.54, 1.807) is 11.3 Å². The normalized spacial score (nSPS) is 18.9. The number of hydrogen-bond donors (Lipinski definition) is 1. The number of ketones is 2. The summed E-state index contributed by atoms with van der Waals surface area (Å²) in [4.78, 5) is 46.4. The molecule has 2 aromatic rings. The average Bonchev–Trinajstić information content (AvgIpc) is 3.42. The van der Waals surface area contributed by atoms with Gasteiger partial charge < -0.3 is 5.32 Å². The molecule has 0 unspecified atom stereocenters. The number of Topliss-reactive ketones (excluding diaryl/α,β-unsaturated/α-hetero) is 2. The van der Waals surface area contributed by atoms with Crippen molar-refractivity contribution in [1.29, 1.82) is 0 Å². The molecule has 248 valence electrons. The van der Waals surface area contributed by atoms with Gasteiger partial charge in [-0.15, -0.1) is 11.3 Å². The first-order valence-electron chi connectivity index (χ1n) is 16.8. The average molecular weight is 658 g/mol. The Bertz CT molecular complexity index is 1440. The van der Waals surface area contributed by atoms with E-state index in [2.05, 4.69) is 37.9 Å². The minimum Gasteiger partial charge on any atom is -0.353 e. The third-order valence-corrected chi connectivity index (χ3v) is 12.1. The van der Waals surface area contributed by atoms with Crippen molar-refractivity contribution in [1.82, 2.24) is 15.2 Å². The number of hydrogen-bond acceptors (Lipinski definition) is 8. The Morgan fingerprint density at radius 3 is 2.49 bits per heavy atom. The number of sulfone groups is 1. The SMILES string of the molecule is C=C(CN1CCS(=O)(=O)CC1)C(=O)CC[C@H](CC1CCCCC1)NC(=O)[C@@H](CC(=O)CC)Cc1nc2ccc(C(C)C)cc2s1. The molecular weight excluding hydrogens is 607 g/mol. The summed E-state index contributed by atoms with van der Waals surface area (Å²) in [6, 6.07) is 6.14. The fourth-order valence-corrected chi connectivity index (χ4v) is 8.84. The van der Waals surface area contributed by atoms with Crippen molar-refractivity contribution in [3.05, 3.63) is 40.9 Å². The van der Waals surface area contributed by atoms with Crippen LogP contribution in [0.3, 0.4) is 0 Å². The van der Waals surface area contributed by atoms with E-state index >= 15 is 0 Å². The summed E-state index contributed by atoms with van der Waals surface area (Å²) >= 11 is 1.59. The summed E-state index contributed by atoms with van der Waals surface area (Å²) in [6.45, 7) is 11.4. The van der Waals surface area contributed by atoms with E-state index in [1.807, 2.05) is 17.9 Å². The number of amides is 1. The van der Waals surface area contributed by atoms with Crippen molar-refractivity contribution >= 4 is 48.9 Å². The molecule has 1 saturated heterocycles. The predicted octanol–water partition coefficient (Wildman–Crippen LogP) is 6.04. The van der Waals surface area contributed by atoms with Gasteiger partial charge in [0.25, 0.3) is 0 Å². The van der Waals surface area contributed by atoms with Gasteiger partial charge in [0, 0.05) is 56.9 Å². The monoisotopic (exact) mass is 657 g/mol. The lowest BCUT2D eigenvalue weighted by molar-refractivity contribution is -0.130. The highest BCUT2D eigenvalue weighted by molar-refractivity contribution is 7.91. The van der Waals surface area contributed by atoms with Gasteiger partial charge in [0.15, 0.2) is 15.6 Å². The molecule has 2 atom stereocenters. The molecule has 1 aliphatic carbocycles. The minimum atomic E-state index is -2.99. The van der Waals surface area contributed by atoms with Crippen molar-refractivity contribution in [2.75, 3.05) is 31.1 Å². The topological polar surface area (TPSA) is 114 Å². The molecule has 1 aromatic carbocycles. The Kier molecular flexibility index (Phi) is 12.9. The Hall–Kier alpha value is -2.43. The van der Waals surface area contributed by atoms with Crippen molar-refractivity contribution < 1.29 is 22.8 Å². The van der Waals surface area contributed by atoms with Crippen LogP contribution < -0.4 is 5.32 Å². The Morgan fingerprint density at radius 1 is 1.11 bits per heavy atom. The zero-order valence-electron chi connectivity index (χ0n) is 27.3. The molecule has 1 amide bonds. The molecule has 45 heavy (non-hydrogen) atoms. The number of carbonyl (C=O) groups is 3. The van der Waals surface area contributed by atoms with E-state index < -0.39 is 15.8 Å². The summed E-state index contributed by atoms with van der Waals surface area (Å²) in [5.41, 5.74) is 2.65. The van der Waals surface area contributed by atoms with Gasteiger partial charge in [0.05, 0.1) is 32.6 Å². The second kappa shape index (κ2) is 16.4. The van der Waals surface area contributed by atoms with Crippen LogP contribution in [0, 0.1) is 11.8 Å². The van der Waals surface area contributed by atoms with E-state index in [9.17, 15) is 22.8 Å². The number of carbonyl (C=O) groups excluding carboxylic acids is 3. The van der Waals surface area contributed by atoms with Gasteiger partial charge in [0.1, 0.15) is 5.78 Å². The maximum atomic E-state index is 13.9. The second-order valence-electron chi connectivity index (χ2n) is 13.4. The van der Waals surface area contributed by atoms with Crippen LogP contribution in [0.25, 0.3) is 10.2 Å². The van der Waals surface area contributed by atoms with Gasteiger partial charge in [-0.1, -0.05) is 65.5 Å². The standard InChI is InChI=1S/C35H51N3O5S2/c1-5-30(39)20-28(22-34-37-31-13-11-27(24(2)3)21-33(31)44-34)35(41)36-29(19-26-9-7-6-8-10-26)12-14-32(40)25(4)23-38-15-17-45(42,43)18-16-38/h11,13,21,24,26,28-29H,4-10,12,14-20,22-23H2,1-3H3,(H,36,41)/t28-,29+/m0/s1.